The normalized spacial score (nSPS) is 10.1. The van der Waals surface area contributed by atoms with Crippen molar-refractivity contribution in [3.63, 3.8) is 0 Å². The number of aryl methyl sites for hydroxylation is 2. The highest BCUT2D eigenvalue weighted by atomic mass is 16.5. The maximum atomic E-state index is 9.04. The minimum absolute atomic E-state index is 0.0719. The molecule has 15 heavy (non-hydrogen) atoms. The fourth-order valence-corrected chi connectivity index (χ4v) is 1.55. The van der Waals surface area contributed by atoms with Gasteiger partial charge in [0.15, 0.2) is 0 Å². The van der Waals surface area contributed by atoms with Gasteiger partial charge in [-0.15, -0.1) is 0 Å². The predicted octanol–water partition coefficient (Wildman–Crippen LogP) is 2.75. The van der Waals surface area contributed by atoms with E-state index in [1.165, 1.54) is 0 Å². The Morgan fingerprint density at radius 2 is 1.87 bits per heavy atom. The number of aliphatic hydroxyl groups excluding tert-OH is 1. The van der Waals surface area contributed by atoms with Crippen LogP contribution in [0, 0.1) is 13.8 Å². The maximum absolute atomic E-state index is 9.04. The van der Waals surface area contributed by atoms with Crippen LogP contribution in [0.1, 0.15) is 23.6 Å². The monoisotopic (exact) mass is 206 g/mol. The van der Waals surface area contributed by atoms with Gasteiger partial charge < -0.3 is 9.84 Å². The molecule has 0 aliphatic carbocycles. The van der Waals surface area contributed by atoms with Crippen LogP contribution in [0.5, 0.6) is 5.75 Å². The van der Waals surface area contributed by atoms with Gasteiger partial charge in [-0.25, -0.2) is 0 Å². The molecule has 1 rings (SSSR count). The summed E-state index contributed by atoms with van der Waals surface area (Å²) in [5.74, 6) is 0.898. The number of aliphatic hydroxyl groups is 1. The first kappa shape index (κ1) is 11.8. The van der Waals surface area contributed by atoms with Gasteiger partial charge in [-0.3, -0.25) is 0 Å². The van der Waals surface area contributed by atoms with E-state index in [9.17, 15) is 0 Å². The molecule has 0 heterocycles. The van der Waals surface area contributed by atoms with E-state index < -0.39 is 0 Å². The predicted molar refractivity (Wildman–Crippen MR) is 62.1 cm³/mol. The summed E-state index contributed by atoms with van der Waals surface area (Å²) < 4.78 is 5.65. The van der Waals surface area contributed by atoms with Crippen LogP contribution in [0.2, 0.25) is 0 Å². The summed E-state index contributed by atoms with van der Waals surface area (Å²) in [6.45, 7) is 10.3. The van der Waals surface area contributed by atoms with Crippen LogP contribution in [0.4, 0.5) is 0 Å². The van der Waals surface area contributed by atoms with Crippen LogP contribution in [0.25, 0.3) is 0 Å². The highest BCUT2D eigenvalue weighted by Crippen LogP contribution is 2.25. The van der Waals surface area contributed by atoms with Crippen LogP contribution < -0.4 is 4.74 Å². The highest BCUT2D eigenvalue weighted by molar-refractivity contribution is 5.43. The summed E-state index contributed by atoms with van der Waals surface area (Å²) in [4.78, 5) is 0. The average molecular weight is 206 g/mol. The van der Waals surface area contributed by atoms with Crippen LogP contribution in [-0.4, -0.2) is 11.7 Å². The molecule has 0 atom stereocenters. The molecule has 0 aliphatic rings. The largest absolute Gasteiger partial charge is 0.489 e. The third-order valence-corrected chi connectivity index (χ3v) is 2.17. The van der Waals surface area contributed by atoms with Gasteiger partial charge in [0, 0.05) is 0 Å². The summed E-state index contributed by atoms with van der Waals surface area (Å²) in [7, 11) is 0. The van der Waals surface area contributed by atoms with E-state index >= 15 is 0 Å². The van der Waals surface area contributed by atoms with Gasteiger partial charge in [0.05, 0.1) is 6.61 Å². The fraction of sp³-hybridized carbons (Fsp3) is 0.385. The van der Waals surface area contributed by atoms with E-state index in [1.54, 1.807) is 0 Å². The zero-order chi connectivity index (χ0) is 11.4. The van der Waals surface area contributed by atoms with E-state index in [2.05, 4.69) is 6.58 Å². The van der Waals surface area contributed by atoms with Crippen molar-refractivity contribution < 1.29 is 9.84 Å². The molecule has 0 saturated carbocycles. The lowest BCUT2D eigenvalue weighted by molar-refractivity contribution is 0.281. The van der Waals surface area contributed by atoms with Gasteiger partial charge in [-0.1, -0.05) is 18.7 Å². The Labute approximate surface area is 91.2 Å². The highest BCUT2D eigenvalue weighted by Gasteiger charge is 2.05. The van der Waals surface area contributed by atoms with Gasteiger partial charge in [0.2, 0.25) is 0 Å². The Kier molecular flexibility index (Phi) is 3.92. The molecule has 0 aliphatic heterocycles. The zero-order valence-corrected chi connectivity index (χ0v) is 9.63. The first-order chi connectivity index (χ1) is 7.04. The molecular formula is C13H18O2. The zero-order valence-electron chi connectivity index (χ0n) is 9.63. The van der Waals surface area contributed by atoms with Gasteiger partial charge >= 0.3 is 0 Å². The molecule has 0 amide bonds. The Hall–Kier alpha value is -1.28. The molecular weight excluding hydrogens is 188 g/mol. The third-order valence-electron chi connectivity index (χ3n) is 2.17. The Morgan fingerprint density at radius 1 is 1.33 bits per heavy atom. The van der Waals surface area contributed by atoms with Crippen molar-refractivity contribution in [3.8, 4) is 5.75 Å². The quantitative estimate of drug-likeness (QED) is 0.767. The Bertz CT molecular complexity index is 344. The second kappa shape index (κ2) is 4.99. The van der Waals surface area contributed by atoms with E-state index in [0.717, 1.165) is 28.0 Å². The number of benzene rings is 1. The van der Waals surface area contributed by atoms with Crippen molar-refractivity contribution in [1.82, 2.24) is 0 Å². The molecule has 2 nitrogen and oxygen atoms in total. The molecule has 0 radical (unpaired) electrons. The van der Waals surface area contributed by atoms with Crippen LogP contribution in [0.3, 0.4) is 0 Å². The van der Waals surface area contributed by atoms with Crippen LogP contribution in [0.15, 0.2) is 24.3 Å². The topological polar surface area (TPSA) is 29.5 Å². The van der Waals surface area contributed by atoms with Gasteiger partial charge in [0.25, 0.3) is 0 Å². The molecule has 0 spiro atoms. The molecule has 2 heteroatoms. The molecule has 1 aromatic carbocycles. The minimum atomic E-state index is 0.0719. The second-order valence-corrected chi connectivity index (χ2v) is 3.96. The standard InChI is InChI=1S/C13H18O2/c1-9(2)8-15-13-10(3)5-12(7-14)6-11(13)4/h5-6,14H,1,7-8H2,2-4H3. The summed E-state index contributed by atoms with van der Waals surface area (Å²) in [5.41, 5.74) is 4.04. The summed E-state index contributed by atoms with van der Waals surface area (Å²) in [6.07, 6.45) is 0. The first-order valence-corrected chi connectivity index (χ1v) is 5.02. The molecule has 1 aromatic rings. The van der Waals surface area contributed by atoms with Crippen molar-refractivity contribution in [2.75, 3.05) is 6.61 Å². The number of ether oxygens (including phenoxy) is 1. The van der Waals surface area contributed by atoms with E-state index in [0.29, 0.717) is 6.61 Å². The average Bonchev–Trinajstić information content (AvgIpc) is 2.15. The van der Waals surface area contributed by atoms with Crippen molar-refractivity contribution in [1.29, 1.82) is 0 Å². The first-order valence-electron chi connectivity index (χ1n) is 5.02. The van der Waals surface area contributed by atoms with Gasteiger partial charge in [-0.2, -0.15) is 0 Å². The van der Waals surface area contributed by atoms with E-state index in [4.69, 9.17) is 9.84 Å². The lowest BCUT2D eigenvalue weighted by atomic mass is 10.1. The number of rotatable bonds is 4. The van der Waals surface area contributed by atoms with Crippen molar-refractivity contribution >= 4 is 0 Å². The van der Waals surface area contributed by atoms with Crippen LogP contribution >= 0.6 is 0 Å². The van der Waals surface area contributed by atoms with Crippen molar-refractivity contribution in [2.45, 2.75) is 27.4 Å². The lowest BCUT2D eigenvalue weighted by Gasteiger charge is -2.13. The molecule has 0 fully saturated rings. The molecule has 0 bridgehead atoms. The Balaban J connectivity index is 2.92. The molecule has 1 N–H and O–H groups in total. The molecule has 0 unspecified atom stereocenters. The van der Waals surface area contributed by atoms with Crippen molar-refractivity contribution in [3.05, 3.63) is 41.0 Å². The third kappa shape index (κ3) is 3.10. The maximum Gasteiger partial charge on any atom is 0.125 e. The summed E-state index contributed by atoms with van der Waals surface area (Å²) >= 11 is 0. The lowest BCUT2D eigenvalue weighted by Crippen LogP contribution is -2.02. The van der Waals surface area contributed by atoms with Crippen molar-refractivity contribution in [2.24, 2.45) is 0 Å². The van der Waals surface area contributed by atoms with Crippen LogP contribution in [-0.2, 0) is 6.61 Å². The smallest absolute Gasteiger partial charge is 0.125 e. The second-order valence-electron chi connectivity index (χ2n) is 3.96. The number of hydrogen-bond acceptors (Lipinski definition) is 2. The summed E-state index contributed by atoms with van der Waals surface area (Å²) in [5, 5.41) is 9.04. The van der Waals surface area contributed by atoms with E-state index in [-0.39, 0.29) is 6.61 Å². The van der Waals surface area contributed by atoms with E-state index in [1.807, 2.05) is 32.9 Å². The SMILES string of the molecule is C=C(C)COc1c(C)cc(CO)cc1C. The minimum Gasteiger partial charge on any atom is -0.489 e. The molecule has 0 aromatic heterocycles. The fourth-order valence-electron chi connectivity index (χ4n) is 1.55. The van der Waals surface area contributed by atoms with Gasteiger partial charge in [0.1, 0.15) is 12.4 Å². The summed E-state index contributed by atoms with van der Waals surface area (Å²) in [6, 6.07) is 3.89. The van der Waals surface area contributed by atoms with Gasteiger partial charge in [-0.05, 0) is 43.0 Å². The molecule has 0 saturated heterocycles. The number of hydrogen-bond donors (Lipinski definition) is 1. The Morgan fingerprint density at radius 3 is 2.27 bits per heavy atom. The molecule has 82 valence electrons.